The van der Waals surface area contributed by atoms with E-state index in [2.05, 4.69) is 6.58 Å². The molecule has 0 amide bonds. The number of carbonyl (C=O) groups excluding carboxylic acids is 1. The van der Waals surface area contributed by atoms with Crippen LogP contribution in [0.1, 0.15) is 12.8 Å². The Morgan fingerprint density at radius 2 is 2.00 bits per heavy atom. The number of aliphatic hydroxyl groups is 4. The SMILES string of the molecule is C=CC1C(O[C@@H]2O[C@H](CO)[C@@H](O)[C@H](O)[C@H]2O)OC=C2C(=O)C[C@@H](OC)CC21. The van der Waals surface area contributed by atoms with Gasteiger partial charge < -0.3 is 39.4 Å². The molecule has 9 heteroatoms. The third-order valence-corrected chi connectivity index (χ3v) is 5.48. The molecule has 2 heterocycles. The van der Waals surface area contributed by atoms with Crippen LogP contribution in [-0.4, -0.2) is 83.0 Å². The van der Waals surface area contributed by atoms with Crippen molar-refractivity contribution >= 4 is 5.78 Å². The zero-order valence-corrected chi connectivity index (χ0v) is 15.0. The molecule has 1 saturated carbocycles. The second kappa shape index (κ2) is 8.36. The average Bonchev–Trinajstić information content (AvgIpc) is 2.67. The molecule has 1 saturated heterocycles. The summed E-state index contributed by atoms with van der Waals surface area (Å²) in [5, 5.41) is 39.2. The molecule has 0 aromatic carbocycles. The molecule has 3 rings (SSSR count). The fourth-order valence-corrected chi connectivity index (χ4v) is 3.85. The van der Waals surface area contributed by atoms with Crippen LogP contribution in [0.3, 0.4) is 0 Å². The maximum absolute atomic E-state index is 12.3. The summed E-state index contributed by atoms with van der Waals surface area (Å²) >= 11 is 0. The highest BCUT2D eigenvalue weighted by Crippen LogP contribution is 2.41. The van der Waals surface area contributed by atoms with Gasteiger partial charge in [-0.2, -0.15) is 0 Å². The molecule has 3 aliphatic rings. The molecule has 27 heavy (non-hydrogen) atoms. The van der Waals surface area contributed by atoms with Crippen molar-refractivity contribution in [3.05, 3.63) is 24.5 Å². The summed E-state index contributed by atoms with van der Waals surface area (Å²) < 4.78 is 22.0. The topological polar surface area (TPSA) is 135 Å². The number of ether oxygens (including phenoxy) is 4. The van der Waals surface area contributed by atoms with Gasteiger partial charge >= 0.3 is 0 Å². The lowest BCUT2D eigenvalue weighted by atomic mass is 9.73. The molecule has 0 aromatic heterocycles. The van der Waals surface area contributed by atoms with Crippen LogP contribution < -0.4 is 0 Å². The van der Waals surface area contributed by atoms with Crippen LogP contribution in [0.25, 0.3) is 0 Å². The van der Waals surface area contributed by atoms with Gasteiger partial charge in [0.2, 0.25) is 6.29 Å². The fraction of sp³-hybridized carbons (Fsp3) is 0.722. The molecule has 0 radical (unpaired) electrons. The van der Waals surface area contributed by atoms with Crippen molar-refractivity contribution in [2.45, 2.75) is 55.9 Å². The third-order valence-electron chi connectivity index (χ3n) is 5.48. The van der Waals surface area contributed by atoms with E-state index in [1.165, 1.54) is 6.26 Å². The first-order valence-corrected chi connectivity index (χ1v) is 8.91. The fourth-order valence-electron chi connectivity index (χ4n) is 3.85. The lowest BCUT2D eigenvalue weighted by molar-refractivity contribution is -0.339. The number of carbonyl (C=O) groups is 1. The first-order chi connectivity index (χ1) is 12.9. The molecule has 0 spiro atoms. The lowest BCUT2D eigenvalue weighted by Gasteiger charge is -2.44. The zero-order chi connectivity index (χ0) is 19.7. The minimum Gasteiger partial charge on any atom is -0.471 e. The Bertz CT molecular complexity index is 589. The summed E-state index contributed by atoms with van der Waals surface area (Å²) in [4.78, 5) is 12.3. The van der Waals surface area contributed by atoms with Crippen LogP contribution in [-0.2, 0) is 23.7 Å². The van der Waals surface area contributed by atoms with Gasteiger partial charge in [-0.3, -0.25) is 4.79 Å². The van der Waals surface area contributed by atoms with Crippen molar-refractivity contribution in [3.63, 3.8) is 0 Å². The summed E-state index contributed by atoms with van der Waals surface area (Å²) in [6.45, 7) is 3.24. The number of hydrogen-bond donors (Lipinski definition) is 4. The number of fused-ring (bicyclic) bond motifs is 1. The second-order valence-corrected chi connectivity index (χ2v) is 7.05. The first-order valence-electron chi connectivity index (χ1n) is 8.91. The van der Waals surface area contributed by atoms with Gasteiger partial charge in [0.15, 0.2) is 12.1 Å². The Kier molecular flexibility index (Phi) is 6.32. The summed E-state index contributed by atoms with van der Waals surface area (Å²) in [6.07, 6.45) is -4.29. The van der Waals surface area contributed by atoms with Crippen LogP contribution in [0.2, 0.25) is 0 Å². The van der Waals surface area contributed by atoms with E-state index in [9.17, 15) is 25.2 Å². The van der Waals surface area contributed by atoms with Gasteiger partial charge in [-0.15, -0.1) is 6.58 Å². The van der Waals surface area contributed by atoms with Crippen molar-refractivity contribution < 1.29 is 44.2 Å². The Labute approximate surface area is 156 Å². The van der Waals surface area contributed by atoms with Crippen molar-refractivity contribution in [3.8, 4) is 0 Å². The molecule has 3 unspecified atom stereocenters. The van der Waals surface area contributed by atoms with E-state index >= 15 is 0 Å². The number of aliphatic hydroxyl groups excluding tert-OH is 4. The van der Waals surface area contributed by atoms with Gasteiger partial charge in [-0.05, 0) is 6.42 Å². The number of allylic oxidation sites excluding steroid dienone is 1. The molecule has 2 aliphatic heterocycles. The monoisotopic (exact) mass is 386 g/mol. The lowest BCUT2D eigenvalue weighted by Crippen LogP contribution is -2.60. The van der Waals surface area contributed by atoms with E-state index in [1.807, 2.05) is 0 Å². The van der Waals surface area contributed by atoms with Crippen molar-refractivity contribution in [2.75, 3.05) is 13.7 Å². The van der Waals surface area contributed by atoms with Crippen molar-refractivity contribution in [1.29, 1.82) is 0 Å². The molecule has 1 aliphatic carbocycles. The van der Waals surface area contributed by atoms with Crippen LogP contribution in [0.5, 0.6) is 0 Å². The largest absolute Gasteiger partial charge is 0.471 e. The van der Waals surface area contributed by atoms with Gasteiger partial charge in [-0.25, -0.2) is 0 Å². The van der Waals surface area contributed by atoms with Crippen LogP contribution in [0.4, 0.5) is 0 Å². The number of ketones is 1. The molecule has 9 atom stereocenters. The number of hydrogen-bond acceptors (Lipinski definition) is 9. The van der Waals surface area contributed by atoms with Crippen molar-refractivity contribution in [1.82, 2.24) is 0 Å². The van der Waals surface area contributed by atoms with E-state index in [0.29, 0.717) is 12.0 Å². The first kappa shape index (κ1) is 20.4. The van der Waals surface area contributed by atoms with E-state index in [4.69, 9.17) is 18.9 Å². The van der Waals surface area contributed by atoms with Gasteiger partial charge in [0, 0.05) is 30.9 Å². The summed E-state index contributed by atoms with van der Waals surface area (Å²) in [5.41, 5.74) is 0.543. The summed E-state index contributed by atoms with van der Waals surface area (Å²) in [6, 6.07) is 0. The minimum atomic E-state index is -1.55. The van der Waals surface area contributed by atoms with Crippen molar-refractivity contribution in [2.24, 2.45) is 11.8 Å². The normalized spacial score (nSPS) is 44.9. The van der Waals surface area contributed by atoms with Crippen LogP contribution in [0, 0.1) is 11.8 Å². The second-order valence-electron chi connectivity index (χ2n) is 7.05. The maximum Gasteiger partial charge on any atom is 0.208 e. The predicted molar refractivity (Wildman–Crippen MR) is 90.0 cm³/mol. The number of Topliss-reactive ketones (excluding diaryl/α,β-unsaturated/α-hetero) is 1. The molecule has 152 valence electrons. The summed E-state index contributed by atoms with van der Waals surface area (Å²) in [5.74, 6) is -0.701. The standard InChI is InChI=1S/C18H26O9/c1-3-9-10-4-8(24-2)5-12(20)11(10)7-25-17(9)27-18-16(23)15(22)14(21)13(6-19)26-18/h3,7-10,13-19,21-23H,1,4-6H2,2H3/t8-,9?,10?,13+,14+,15-,16+,17?,18-/m0/s1. The predicted octanol–water partition coefficient (Wildman–Crippen LogP) is -1.16. The molecule has 0 aromatic rings. The average molecular weight is 386 g/mol. The zero-order valence-electron chi connectivity index (χ0n) is 15.0. The maximum atomic E-state index is 12.3. The molecular formula is C18H26O9. The van der Waals surface area contributed by atoms with E-state index < -0.39 is 49.5 Å². The highest BCUT2D eigenvalue weighted by molar-refractivity contribution is 5.97. The summed E-state index contributed by atoms with van der Waals surface area (Å²) in [7, 11) is 1.55. The Morgan fingerprint density at radius 3 is 2.63 bits per heavy atom. The number of rotatable bonds is 5. The van der Waals surface area contributed by atoms with E-state index in [0.717, 1.165) is 0 Å². The molecule has 2 fully saturated rings. The van der Waals surface area contributed by atoms with Gasteiger partial charge in [0.05, 0.1) is 19.0 Å². The minimum absolute atomic E-state index is 0.0590. The highest BCUT2D eigenvalue weighted by atomic mass is 16.8. The van der Waals surface area contributed by atoms with E-state index in [1.54, 1.807) is 13.2 Å². The highest BCUT2D eigenvalue weighted by Gasteiger charge is 2.48. The Hall–Kier alpha value is -1.33. The number of methoxy groups -OCH3 is 1. The molecular weight excluding hydrogens is 360 g/mol. The third kappa shape index (κ3) is 3.81. The Morgan fingerprint density at radius 1 is 1.26 bits per heavy atom. The molecule has 4 N–H and O–H groups in total. The van der Waals surface area contributed by atoms with Crippen LogP contribution >= 0.6 is 0 Å². The Balaban J connectivity index is 1.77. The van der Waals surface area contributed by atoms with Crippen LogP contribution in [0.15, 0.2) is 24.5 Å². The smallest absolute Gasteiger partial charge is 0.208 e. The van der Waals surface area contributed by atoms with E-state index in [-0.39, 0.29) is 24.2 Å². The molecule has 9 nitrogen and oxygen atoms in total. The van der Waals surface area contributed by atoms with Gasteiger partial charge in [0.1, 0.15) is 24.4 Å². The van der Waals surface area contributed by atoms with Gasteiger partial charge in [-0.1, -0.05) is 6.08 Å². The molecule has 0 bridgehead atoms. The van der Waals surface area contributed by atoms with Gasteiger partial charge in [0.25, 0.3) is 0 Å². The quantitative estimate of drug-likeness (QED) is 0.432.